The number of methoxy groups -OCH3 is 1. The fourth-order valence-corrected chi connectivity index (χ4v) is 5.77. The number of benzene rings is 2. The van der Waals surface area contributed by atoms with E-state index in [-0.39, 0.29) is 67.5 Å². The van der Waals surface area contributed by atoms with Crippen LogP contribution in [0, 0.1) is 11.7 Å². The molecule has 4 amide bonds. The average molecular weight is 581 g/mol. The number of rotatable bonds is 5. The molecule has 9 nitrogen and oxygen atoms in total. The van der Waals surface area contributed by atoms with Crippen molar-refractivity contribution >= 4 is 23.6 Å². The molecule has 0 saturated carbocycles. The second-order valence-corrected chi connectivity index (χ2v) is 11.5. The lowest BCUT2D eigenvalue weighted by molar-refractivity contribution is -0.139. The van der Waals surface area contributed by atoms with Crippen molar-refractivity contribution < 1.29 is 28.3 Å². The third-order valence-electron chi connectivity index (χ3n) is 8.05. The number of halogens is 1. The van der Waals surface area contributed by atoms with Crippen LogP contribution in [0.4, 0.5) is 4.39 Å². The van der Waals surface area contributed by atoms with Crippen LogP contribution in [0.2, 0.25) is 0 Å². The summed E-state index contributed by atoms with van der Waals surface area (Å²) in [6.07, 6.45) is 3.14. The van der Waals surface area contributed by atoms with Crippen molar-refractivity contribution in [3.05, 3.63) is 65.0 Å². The number of carbonyl (C=O) groups is 4. The molecule has 2 aliphatic rings. The Morgan fingerprint density at radius 1 is 1.07 bits per heavy atom. The number of nitrogens with zero attached hydrogens (tertiary/aromatic N) is 2. The number of nitrogens with one attached hydrogen (secondary N) is 2. The van der Waals surface area contributed by atoms with Crippen LogP contribution in [0.3, 0.4) is 0 Å². The summed E-state index contributed by atoms with van der Waals surface area (Å²) < 4.78 is 19.1. The van der Waals surface area contributed by atoms with E-state index in [1.165, 1.54) is 19.2 Å². The van der Waals surface area contributed by atoms with E-state index in [9.17, 15) is 23.6 Å². The highest BCUT2D eigenvalue weighted by Crippen LogP contribution is 2.36. The summed E-state index contributed by atoms with van der Waals surface area (Å²) in [4.78, 5) is 57.5. The Balaban J connectivity index is 1.66. The van der Waals surface area contributed by atoms with Gasteiger partial charge in [0.2, 0.25) is 11.8 Å². The van der Waals surface area contributed by atoms with Crippen LogP contribution in [0.15, 0.2) is 42.5 Å². The lowest BCUT2D eigenvalue weighted by Crippen LogP contribution is -2.60. The van der Waals surface area contributed by atoms with Crippen LogP contribution >= 0.6 is 0 Å². The topological polar surface area (TPSA) is 108 Å². The van der Waals surface area contributed by atoms with Gasteiger partial charge in [-0.1, -0.05) is 38.1 Å². The summed E-state index contributed by atoms with van der Waals surface area (Å²) >= 11 is 0. The molecule has 1 fully saturated rings. The van der Waals surface area contributed by atoms with E-state index in [0.717, 1.165) is 30.0 Å². The molecule has 1 heterocycles. The number of fused-ring (bicyclic) bond motifs is 2. The number of amides is 4. The molecule has 0 bridgehead atoms. The Hall–Kier alpha value is -3.95. The first-order valence-electron chi connectivity index (χ1n) is 14.7. The third-order valence-corrected chi connectivity index (χ3v) is 8.05. The SMILES string of the molecule is COc1cc(F)ccc1C(=O)N1CCCC(=O)N(CCC(C)C)CC(=O)NC2(CCCc3ccccc32)C(=O)NCC1. The van der Waals surface area contributed by atoms with E-state index >= 15 is 0 Å². The molecule has 2 aromatic rings. The summed E-state index contributed by atoms with van der Waals surface area (Å²) in [7, 11) is 1.37. The predicted molar refractivity (Wildman–Crippen MR) is 156 cm³/mol. The molecule has 42 heavy (non-hydrogen) atoms. The normalized spacial score (nSPS) is 20.5. The minimum absolute atomic E-state index is 0.111. The molecule has 1 saturated heterocycles. The highest BCUT2D eigenvalue weighted by atomic mass is 19.1. The van der Waals surface area contributed by atoms with Gasteiger partial charge in [-0.2, -0.15) is 0 Å². The molecule has 0 aromatic heterocycles. The Morgan fingerprint density at radius 3 is 2.62 bits per heavy atom. The van der Waals surface area contributed by atoms with E-state index < -0.39 is 11.4 Å². The Labute approximate surface area is 246 Å². The van der Waals surface area contributed by atoms with Gasteiger partial charge >= 0.3 is 0 Å². The number of hydrogen-bond donors (Lipinski definition) is 2. The maximum Gasteiger partial charge on any atom is 0.257 e. The molecule has 2 aromatic carbocycles. The van der Waals surface area contributed by atoms with E-state index in [1.54, 1.807) is 9.80 Å². The van der Waals surface area contributed by atoms with E-state index in [4.69, 9.17) is 4.74 Å². The average Bonchev–Trinajstić information content (AvgIpc) is 2.97. The Morgan fingerprint density at radius 2 is 1.86 bits per heavy atom. The number of carbonyl (C=O) groups excluding carboxylic acids is 4. The molecule has 226 valence electrons. The van der Waals surface area contributed by atoms with Gasteiger partial charge in [0.25, 0.3) is 11.8 Å². The Bertz CT molecular complexity index is 1320. The fraction of sp³-hybridized carbons (Fsp3) is 0.500. The molecule has 2 N–H and O–H groups in total. The molecule has 4 rings (SSSR count). The van der Waals surface area contributed by atoms with E-state index in [0.29, 0.717) is 31.7 Å². The second kappa shape index (κ2) is 13.8. The largest absolute Gasteiger partial charge is 0.496 e. The van der Waals surface area contributed by atoms with Crippen molar-refractivity contribution in [1.82, 2.24) is 20.4 Å². The quantitative estimate of drug-likeness (QED) is 0.564. The molecular formula is C32H41FN4O5. The third kappa shape index (κ3) is 7.09. The molecule has 10 heteroatoms. The number of ether oxygens (including phenoxy) is 1. The van der Waals surface area contributed by atoms with Crippen LogP contribution in [0.25, 0.3) is 0 Å². The molecule has 1 spiro atoms. The summed E-state index contributed by atoms with van der Waals surface area (Å²) in [6.45, 7) is 4.89. The maximum absolute atomic E-state index is 13.9. The Kier molecular flexibility index (Phi) is 10.2. The van der Waals surface area contributed by atoms with Gasteiger partial charge < -0.3 is 25.2 Å². The first kappa shape index (κ1) is 31.0. The van der Waals surface area contributed by atoms with Gasteiger partial charge in [0, 0.05) is 38.7 Å². The molecule has 1 aliphatic heterocycles. The monoisotopic (exact) mass is 580 g/mol. The smallest absolute Gasteiger partial charge is 0.257 e. The van der Waals surface area contributed by atoms with Gasteiger partial charge in [0.1, 0.15) is 17.1 Å². The molecular weight excluding hydrogens is 539 g/mol. The van der Waals surface area contributed by atoms with Crippen LogP contribution in [0.5, 0.6) is 5.75 Å². The fourth-order valence-electron chi connectivity index (χ4n) is 5.77. The lowest BCUT2D eigenvalue weighted by Gasteiger charge is -2.39. The van der Waals surface area contributed by atoms with Gasteiger partial charge in [-0.3, -0.25) is 19.2 Å². The summed E-state index contributed by atoms with van der Waals surface area (Å²) in [5.74, 6) is -1.39. The van der Waals surface area contributed by atoms with Crippen LogP contribution in [0.1, 0.15) is 67.4 Å². The highest BCUT2D eigenvalue weighted by Gasteiger charge is 2.44. The van der Waals surface area contributed by atoms with Crippen molar-refractivity contribution in [3.63, 3.8) is 0 Å². The summed E-state index contributed by atoms with van der Waals surface area (Å²) in [5.41, 5.74) is 0.644. The van der Waals surface area contributed by atoms with Crippen molar-refractivity contribution in [1.29, 1.82) is 0 Å². The zero-order valence-corrected chi connectivity index (χ0v) is 24.7. The summed E-state index contributed by atoms with van der Waals surface area (Å²) in [6, 6.07) is 11.3. The van der Waals surface area contributed by atoms with Crippen molar-refractivity contribution in [2.24, 2.45) is 5.92 Å². The van der Waals surface area contributed by atoms with E-state index in [1.807, 2.05) is 24.3 Å². The number of aryl methyl sites for hydroxylation is 1. The van der Waals surface area contributed by atoms with Crippen LogP contribution in [-0.4, -0.2) is 73.3 Å². The van der Waals surface area contributed by atoms with Crippen molar-refractivity contribution in [3.8, 4) is 5.75 Å². The molecule has 1 atom stereocenters. The predicted octanol–water partition coefficient (Wildman–Crippen LogP) is 3.41. The highest BCUT2D eigenvalue weighted by molar-refractivity contribution is 5.97. The standard InChI is InChI=1S/C32H41FN4O5/c1-22(2)14-18-37-21-28(38)35-32(15-6-9-23-8-4-5-10-26(23)32)31(41)34-16-19-36(17-7-11-29(37)39)30(40)25-13-12-24(33)20-27(25)42-3/h4-5,8,10,12-13,20,22H,6-7,9,11,14-19,21H2,1-3H3,(H,34,41)(H,35,38). The van der Waals surface area contributed by atoms with Gasteiger partial charge in [-0.05, 0) is 61.3 Å². The van der Waals surface area contributed by atoms with Gasteiger partial charge in [0.05, 0.1) is 19.2 Å². The lowest BCUT2D eigenvalue weighted by atomic mass is 9.75. The van der Waals surface area contributed by atoms with E-state index in [2.05, 4.69) is 24.5 Å². The van der Waals surface area contributed by atoms with Crippen molar-refractivity contribution in [2.75, 3.05) is 39.8 Å². The minimum Gasteiger partial charge on any atom is -0.496 e. The van der Waals surface area contributed by atoms with Gasteiger partial charge in [-0.25, -0.2) is 4.39 Å². The van der Waals surface area contributed by atoms with Gasteiger partial charge in [-0.15, -0.1) is 0 Å². The molecule has 1 aliphatic carbocycles. The molecule has 1 unspecified atom stereocenters. The zero-order chi connectivity index (χ0) is 30.3. The first-order chi connectivity index (χ1) is 20.1. The van der Waals surface area contributed by atoms with Crippen LogP contribution < -0.4 is 15.4 Å². The van der Waals surface area contributed by atoms with Crippen LogP contribution in [-0.2, 0) is 26.3 Å². The number of hydrogen-bond acceptors (Lipinski definition) is 5. The molecule has 0 radical (unpaired) electrons. The zero-order valence-electron chi connectivity index (χ0n) is 24.7. The van der Waals surface area contributed by atoms with Crippen molar-refractivity contribution in [2.45, 2.75) is 57.9 Å². The first-order valence-corrected chi connectivity index (χ1v) is 14.7. The summed E-state index contributed by atoms with van der Waals surface area (Å²) in [5, 5.41) is 6.01. The second-order valence-electron chi connectivity index (χ2n) is 11.5. The minimum atomic E-state index is -1.29. The maximum atomic E-state index is 13.9. The van der Waals surface area contributed by atoms with Gasteiger partial charge in [0.15, 0.2) is 0 Å².